The van der Waals surface area contributed by atoms with E-state index in [0.717, 1.165) is 73.7 Å². The van der Waals surface area contributed by atoms with Crippen molar-refractivity contribution in [1.82, 2.24) is 29.7 Å². The maximum Gasteiger partial charge on any atom is 0.311 e. The largest absolute Gasteiger partial charge is 0.487 e. The molecule has 6 aromatic rings. The molecule has 16 nitrogen and oxygen atoms in total. The van der Waals surface area contributed by atoms with E-state index in [4.69, 9.17) is 33.0 Å². The highest BCUT2D eigenvalue weighted by atomic mass is 35.5. The summed E-state index contributed by atoms with van der Waals surface area (Å²) in [7, 11) is 4.32. The Kier molecular flexibility index (Phi) is 13.5. The third kappa shape index (κ3) is 10.3. The van der Waals surface area contributed by atoms with Gasteiger partial charge < -0.3 is 30.3 Å². The van der Waals surface area contributed by atoms with Gasteiger partial charge in [0.1, 0.15) is 35.9 Å². The molecule has 2 aromatic heterocycles. The summed E-state index contributed by atoms with van der Waals surface area (Å²) in [4.78, 5) is 42.3. The van der Waals surface area contributed by atoms with Crippen LogP contribution in [0.2, 0.25) is 10.0 Å². The molecule has 4 fully saturated rings. The fraction of sp³-hybridized carbons (Fsp3) is 0.364. The minimum absolute atomic E-state index is 0.0403. The van der Waals surface area contributed by atoms with E-state index in [1.54, 1.807) is 6.07 Å². The van der Waals surface area contributed by atoms with Gasteiger partial charge in [0.05, 0.1) is 48.3 Å². The van der Waals surface area contributed by atoms with Gasteiger partial charge in [-0.15, -0.1) is 0 Å². The Hall–Kier alpha value is -5.99. The summed E-state index contributed by atoms with van der Waals surface area (Å²) in [5.41, 5.74) is 0.777. The summed E-state index contributed by atoms with van der Waals surface area (Å²) in [5.74, 6) is 3.52. The Labute approximate surface area is 380 Å². The normalized spacial score (nSPS) is 21.7. The second-order valence-electron chi connectivity index (χ2n) is 16.7. The first-order valence-electron chi connectivity index (χ1n) is 20.8. The number of aliphatic hydroxyl groups excluding tert-OH is 1. The highest BCUT2D eigenvalue weighted by molar-refractivity contribution is 6.31. The van der Waals surface area contributed by atoms with E-state index in [9.17, 15) is 33.4 Å². The van der Waals surface area contributed by atoms with Crippen LogP contribution < -0.4 is 15.4 Å². The lowest BCUT2D eigenvalue weighted by Crippen LogP contribution is -2.19. The van der Waals surface area contributed by atoms with Crippen molar-refractivity contribution in [2.45, 2.75) is 12.8 Å². The maximum atomic E-state index is 13.6. The van der Waals surface area contributed by atoms with Crippen molar-refractivity contribution >= 4 is 79.4 Å². The quantitative estimate of drug-likeness (QED) is 0.0776. The van der Waals surface area contributed by atoms with Crippen LogP contribution in [0.4, 0.5) is 47.6 Å². The van der Waals surface area contributed by atoms with Gasteiger partial charge in [0.25, 0.3) is 0 Å². The van der Waals surface area contributed by atoms with Gasteiger partial charge in [-0.05, 0) is 98.8 Å². The Morgan fingerprint density at radius 2 is 1.14 bits per heavy atom. The number of halogens is 5. The van der Waals surface area contributed by atoms with Crippen LogP contribution in [0, 0.1) is 73.2 Å². The van der Waals surface area contributed by atoms with Crippen LogP contribution in [0.1, 0.15) is 12.8 Å². The number of nitrogens with one attached hydrogen (secondary N) is 2. The topological polar surface area (TPSA) is 198 Å². The summed E-state index contributed by atoms with van der Waals surface area (Å²) in [6, 6.07) is 13.0. The number of nitro benzene ring substituents is 2. The highest BCUT2D eigenvalue weighted by Gasteiger charge is 2.54. The van der Waals surface area contributed by atoms with Gasteiger partial charge in [0.15, 0.2) is 5.75 Å². The average molecular weight is 936 g/mol. The molecule has 6 atom stereocenters. The van der Waals surface area contributed by atoms with Crippen LogP contribution in [0.15, 0.2) is 73.3 Å². The summed E-state index contributed by atoms with van der Waals surface area (Å²) in [6.07, 6.45) is 4.47. The van der Waals surface area contributed by atoms with Crippen molar-refractivity contribution in [3.8, 4) is 5.75 Å². The number of likely N-dealkylation sites (tertiary alicyclic amines) is 2. The van der Waals surface area contributed by atoms with Gasteiger partial charge in [-0.2, -0.15) is 4.39 Å². The second kappa shape index (κ2) is 19.2. The summed E-state index contributed by atoms with van der Waals surface area (Å²) in [5, 5.41) is 37.7. The molecule has 0 amide bonds. The molecule has 2 unspecified atom stereocenters. The van der Waals surface area contributed by atoms with Crippen LogP contribution in [-0.4, -0.2) is 98.2 Å². The van der Waals surface area contributed by atoms with E-state index in [1.165, 1.54) is 62.1 Å². The first kappa shape index (κ1) is 45.6. The van der Waals surface area contributed by atoms with E-state index in [0.29, 0.717) is 47.2 Å². The number of anilines is 4. The van der Waals surface area contributed by atoms with Crippen molar-refractivity contribution < 1.29 is 32.9 Å². The molecule has 4 heterocycles. The Morgan fingerprint density at radius 3 is 1.60 bits per heavy atom. The van der Waals surface area contributed by atoms with E-state index in [1.807, 2.05) is 0 Å². The monoisotopic (exact) mass is 934 g/mol. The lowest BCUT2D eigenvalue weighted by atomic mass is 10.2. The van der Waals surface area contributed by atoms with Crippen molar-refractivity contribution in [1.29, 1.82) is 0 Å². The number of nitrogens with zero attached hydrogens (tertiary/aromatic N) is 8. The molecular weight excluding hydrogens is 892 g/mol. The van der Waals surface area contributed by atoms with Crippen molar-refractivity contribution in [3.63, 3.8) is 0 Å². The predicted octanol–water partition coefficient (Wildman–Crippen LogP) is 9.04. The standard InChI is InChI=1S/C22H21ClFN5O3.C14H7ClF2N4O2.C8H15NO/c1-28-9-15-13(16(15)10-28)4-5-32-21-8-19-14(7-20(21)29(30)31)22(26-11-25-19)27-12-2-3-18(24)17(23)6-12;15-9-3-7(1-2-10(9)16)20-14-8-4-13(21(22)23)11(17)5-12(8)18-6-19-14;1-9-4-7-6(2-3-10)8(7)5-9/h2-3,6-8,11,13,15-16H,4-5,9-10H2,1H3,(H,25,26,27);1-6H,(H,18,19,20);6-8,10H,2-5H2,1H3/t13?,15-,16+;;6?,7-,8+. The first-order valence-corrected chi connectivity index (χ1v) is 21.5. The van der Waals surface area contributed by atoms with Crippen molar-refractivity contribution in [2.75, 3.05) is 64.1 Å². The van der Waals surface area contributed by atoms with Crippen molar-refractivity contribution in [3.05, 3.63) is 121 Å². The minimum atomic E-state index is -0.989. The van der Waals surface area contributed by atoms with E-state index in [-0.39, 0.29) is 38.2 Å². The van der Waals surface area contributed by atoms with Gasteiger partial charge in [0, 0.05) is 68.4 Å². The molecule has 0 bridgehead atoms. The molecule has 2 saturated carbocycles. The molecule has 2 aliphatic heterocycles. The number of nitro groups is 2. The average Bonchev–Trinajstić information content (AvgIpc) is 3.93. The predicted molar refractivity (Wildman–Crippen MR) is 239 cm³/mol. The zero-order valence-corrected chi connectivity index (χ0v) is 36.5. The SMILES string of the molecule is CN1C[C@@H]2C(CCO)[C@@H]2C1.CN1C[C@@H]2C(CCOc3cc4ncnc(Nc5ccc(F)c(Cl)c5)c4cc3[N+](=O)[O-])[C@@H]2C1.O=[N+]([O-])c1cc2c(Nc3ccc(F)c(Cl)c3)ncnc2cc1F. The molecule has 0 radical (unpaired) electrons. The van der Waals surface area contributed by atoms with Gasteiger partial charge in [-0.25, -0.2) is 28.7 Å². The number of aromatic nitrogens is 4. The molecule has 10 rings (SSSR count). The van der Waals surface area contributed by atoms with Crippen molar-refractivity contribution in [2.24, 2.45) is 35.5 Å². The molecule has 65 heavy (non-hydrogen) atoms. The third-order valence-electron chi connectivity index (χ3n) is 12.5. The molecule has 0 spiro atoms. The maximum absolute atomic E-state index is 13.6. The molecule has 3 N–H and O–H groups in total. The van der Waals surface area contributed by atoms with Crippen LogP contribution >= 0.6 is 23.2 Å². The van der Waals surface area contributed by atoms with E-state index < -0.39 is 33.0 Å². The number of aliphatic hydroxyl groups is 1. The molecule has 340 valence electrons. The summed E-state index contributed by atoms with van der Waals surface area (Å²) >= 11 is 11.5. The lowest BCUT2D eigenvalue weighted by Gasteiger charge is -2.13. The molecule has 4 aliphatic rings. The number of piperidine rings is 2. The third-order valence-corrected chi connectivity index (χ3v) is 13.0. The number of fused-ring (bicyclic) bond motifs is 4. The molecule has 4 aromatic carbocycles. The van der Waals surface area contributed by atoms with E-state index >= 15 is 0 Å². The summed E-state index contributed by atoms with van der Waals surface area (Å²) in [6.45, 7) is 5.61. The smallest absolute Gasteiger partial charge is 0.311 e. The Bertz CT molecular complexity index is 2750. The number of benzene rings is 4. The number of ether oxygens (including phenoxy) is 1. The number of hydrogen-bond acceptors (Lipinski definition) is 14. The van der Waals surface area contributed by atoms with Gasteiger partial charge >= 0.3 is 11.4 Å². The van der Waals surface area contributed by atoms with Gasteiger partial charge in [0.2, 0.25) is 5.82 Å². The second-order valence-corrected chi connectivity index (χ2v) is 17.5. The zero-order chi connectivity index (χ0) is 46.1. The molecule has 2 saturated heterocycles. The van der Waals surface area contributed by atoms with Crippen LogP contribution in [0.5, 0.6) is 5.75 Å². The van der Waals surface area contributed by atoms with Gasteiger partial charge in [-0.3, -0.25) is 20.2 Å². The Morgan fingerprint density at radius 1 is 0.677 bits per heavy atom. The van der Waals surface area contributed by atoms with E-state index in [2.05, 4.69) is 54.5 Å². The number of hydrogen-bond donors (Lipinski definition) is 3. The molecular formula is C44H43Cl2F3N10O6. The molecule has 2 aliphatic carbocycles. The first-order chi connectivity index (χ1) is 31.2. The number of rotatable bonds is 12. The molecule has 21 heteroatoms. The summed E-state index contributed by atoms with van der Waals surface area (Å²) < 4.78 is 46.1. The lowest BCUT2D eigenvalue weighted by molar-refractivity contribution is -0.387. The Balaban J connectivity index is 0.000000151. The highest BCUT2D eigenvalue weighted by Crippen LogP contribution is 2.54. The van der Waals surface area contributed by atoms with Gasteiger partial charge in [-0.1, -0.05) is 23.2 Å². The van der Waals surface area contributed by atoms with Crippen LogP contribution in [0.3, 0.4) is 0 Å². The minimum Gasteiger partial charge on any atom is -0.487 e. The van der Waals surface area contributed by atoms with Crippen LogP contribution in [0.25, 0.3) is 21.8 Å². The zero-order valence-electron chi connectivity index (χ0n) is 35.0. The fourth-order valence-corrected chi connectivity index (χ4v) is 9.55. The van der Waals surface area contributed by atoms with Crippen LogP contribution in [-0.2, 0) is 0 Å². The fourth-order valence-electron chi connectivity index (χ4n) is 9.19.